The lowest BCUT2D eigenvalue weighted by Crippen LogP contribution is -2.22. The zero-order valence-corrected chi connectivity index (χ0v) is 17.3. The number of halogens is 2. The summed E-state index contributed by atoms with van der Waals surface area (Å²) in [7, 11) is 1.81. The van der Waals surface area contributed by atoms with E-state index in [4.69, 9.17) is 11.6 Å². The number of hydrogen-bond donors (Lipinski definition) is 1. The van der Waals surface area contributed by atoms with E-state index in [0.717, 1.165) is 27.0 Å². The summed E-state index contributed by atoms with van der Waals surface area (Å²) in [6, 6.07) is 7.91. The van der Waals surface area contributed by atoms with E-state index >= 15 is 0 Å². The molecule has 0 aliphatic heterocycles. The molecule has 136 valence electrons. The van der Waals surface area contributed by atoms with Crippen LogP contribution in [-0.4, -0.2) is 25.5 Å². The Morgan fingerprint density at radius 2 is 1.81 bits per heavy atom. The van der Waals surface area contributed by atoms with Crippen molar-refractivity contribution < 1.29 is 4.79 Å². The van der Waals surface area contributed by atoms with Crippen LogP contribution in [0, 0.1) is 20.8 Å². The molecule has 1 aromatic carbocycles. The lowest BCUT2D eigenvalue weighted by Gasteiger charge is -2.10. The third kappa shape index (κ3) is 3.54. The van der Waals surface area contributed by atoms with Gasteiger partial charge in [0.1, 0.15) is 12.4 Å². The van der Waals surface area contributed by atoms with Crippen LogP contribution in [0.3, 0.4) is 0 Å². The fraction of sp³-hybridized carbons (Fsp3) is 0.278. The Morgan fingerprint density at radius 1 is 1.15 bits per heavy atom. The van der Waals surface area contributed by atoms with Crippen molar-refractivity contribution in [1.29, 1.82) is 0 Å². The first-order valence-electron chi connectivity index (χ1n) is 8.06. The van der Waals surface area contributed by atoms with Crippen molar-refractivity contribution in [3.63, 3.8) is 0 Å². The Hall–Kier alpha value is -2.12. The maximum absolute atomic E-state index is 12.6. The van der Waals surface area contributed by atoms with Crippen LogP contribution in [-0.2, 0) is 18.4 Å². The molecule has 6 nitrogen and oxygen atoms in total. The summed E-state index contributed by atoms with van der Waals surface area (Å²) in [6.45, 7) is 5.67. The molecule has 2 aromatic heterocycles. The SMILES string of the molecule is Cc1nn(CC(=O)Nc2c(-c3ccc(Br)cc3)c(C)nn2C)c(C)c1Cl. The van der Waals surface area contributed by atoms with E-state index < -0.39 is 0 Å². The first-order valence-corrected chi connectivity index (χ1v) is 9.24. The van der Waals surface area contributed by atoms with Crippen LogP contribution >= 0.6 is 27.5 Å². The van der Waals surface area contributed by atoms with Crippen molar-refractivity contribution >= 4 is 39.3 Å². The number of aryl methyl sites for hydroxylation is 3. The molecule has 2 heterocycles. The highest BCUT2D eigenvalue weighted by atomic mass is 79.9. The first-order chi connectivity index (χ1) is 12.3. The number of rotatable bonds is 4. The first kappa shape index (κ1) is 18.7. The standard InChI is InChI=1S/C18H19BrClN5O/c1-10-16(13-5-7-14(19)8-6-13)18(24(4)22-10)21-15(26)9-25-12(3)17(20)11(2)23-25/h5-8H,9H2,1-4H3,(H,21,26). The smallest absolute Gasteiger partial charge is 0.247 e. The third-order valence-electron chi connectivity index (χ3n) is 4.20. The van der Waals surface area contributed by atoms with Gasteiger partial charge in [0.15, 0.2) is 0 Å². The summed E-state index contributed by atoms with van der Waals surface area (Å²) in [6.07, 6.45) is 0. The topological polar surface area (TPSA) is 64.7 Å². The zero-order chi connectivity index (χ0) is 19.0. The van der Waals surface area contributed by atoms with Gasteiger partial charge in [-0.1, -0.05) is 39.7 Å². The summed E-state index contributed by atoms with van der Waals surface area (Å²) in [5, 5.41) is 12.3. The number of hydrogen-bond acceptors (Lipinski definition) is 3. The number of anilines is 1. The Labute approximate surface area is 165 Å². The molecule has 0 radical (unpaired) electrons. The van der Waals surface area contributed by atoms with Crippen LogP contribution in [0.5, 0.6) is 0 Å². The lowest BCUT2D eigenvalue weighted by atomic mass is 10.1. The number of nitrogens with zero attached hydrogens (tertiary/aromatic N) is 4. The molecule has 0 atom stereocenters. The van der Waals surface area contributed by atoms with Crippen LogP contribution in [0.2, 0.25) is 5.02 Å². The van der Waals surface area contributed by atoms with Crippen molar-refractivity contribution in [2.75, 3.05) is 5.32 Å². The molecular formula is C18H19BrClN5O. The largest absolute Gasteiger partial charge is 0.309 e. The molecule has 0 aliphatic carbocycles. The van der Waals surface area contributed by atoms with Crippen LogP contribution in [0.25, 0.3) is 11.1 Å². The van der Waals surface area contributed by atoms with Crippen molar-refractivity contribution in [3.8, 4) is 11.1 Å². The van der Waals surface area contributed by atoms with E-state index in [-0.39, 0.29) is 12.5 Å². The number of aromatic nitrogens is 4. The van der Waals surface area contributed by atoms with Gasteiger partial charge in [-0.3, -0.25) is 14.2 Å². The van der Waals surface area contributed by atoms with Crippen LogP contribution < -0.4 is 5.32 Å². The molecule has 0 spiro atoms. The molecule has 8 heteroatoms. The van der Waals surface area contributed by atoms with Crippen LogP contribution in [0.4, 0.5) is 5.82 Å². The second kappa shape index (κ2) is 7.25. The zero-order valence-electron chi connectivity index (χ0n) is 15.0. The van der Waals surface area contributed by atoms with Crippen LogP contribution in [0.15, 0.2) is 28.7 Å². The van der Waals surface area contributed by atoms with Gasteiger partial charge in [0.25, 0.3) is 0 Å². The maximum Gasteiger partial charge on any atom is 0.247 e. The Bertz CT molecular complexity index is 975. The van der Waals surface area contributed by atoms with E-state index in [1.165, 1.54) is 0 Å². The minimum absolute atomic E-state index is 0.0867. The van der Waals surface area contributed by atoms with Gasteiger partial charge in [-0.2, -0.15) is 10.2 Å². The number of carbonyl (C=O) groups excluding carboxylic acids is 1. The fourth-order valence-electron chi connectivity index (χ4n) is 2.90. The quantitative estimate of drug-likeness (QED) is 0.664. The monoisotopic (exact) mass is 435 g/mol. The number of benzene rings is 1. The summed E-state index contributed by atoms with van der Waals surface area (Å²) >= 11 is 9.60. The molecule has 0 aliphatic rings. The third-order valence-corrected chi connectivity index (χ3v) is 5.28. The van der Waals surface area contributed by atoms with Crippen LogP contribution in [0.1, 0.15) is 17.1 Å². The lowest BCUT2D eigenvalue weighted by molar-refractivity contribution is -0.117. The fourth-order valence-corrected chi connectivity index (χ4v) is 3.30. The number of carbonyl (C=O) groups is 1. The molecule has 0 fully saturated rings. The van der Waals surface area contributed by atoms with Gasteiger partial charge < -0.3 is 5.32 Å². The van der Waals surface area contributed by atoms with Gasteiger partial charge in [-0.05, 0) is 38.5 Å². The summed E-state index contributed by atoms with van der Waals surface area (Å²) < 4.78 is 4.28. The van der Waals surface area contributed by atoms with Gasteiger partial charge in [-0.25, -0.2) is 0 Å². The molecule has 3 aromatic rings. The molecule has 1 N–H and O–H groups in total. The van der Waals surface area contributed by atoms with Crippen molar-refractivity contribution in [2.45, 2.75) is 27.3 Å². The van der Waals surface area contributed by atoms with Gasteiger partial charge in [-0.15, -0.1) is 0 Å². The van der Waals surface area contributed by atoms with E-state index in [1.807, 2.05) is 52.1 Å². The van der Waals surface area contributed by atoms with Gasteiger partial charge in [0.05, 0.1) is 22.1 Å². The second-order valence-corrected chi connectivity index (χ2v) is 7.42. The highest BCUT2D eigenvalue weighted by molar-refractivity contribution is 9.10. The summed E-state index contributed by atoms with van der Waals surface area (Å²) in [5.74, 6) is 0.469. The molecule has 0 saturated carbocycles. The Balaban J connectivity index is 1.89. The number of amides is 1. The predicted molar refractivity (Wildman–Crippen MR) is 106 cm³/mol. The number of nitrogens with one attached hydrogen (secondary N) is 1. The molecule has 0 unspecified atom stereocenters. The molecule has 1 amide bonds. The maximum atomic E-state index is 12.6. The highest BCUT2D eigenvalue weighted by Crippen LogP contribution is 2.32. The van der Waals surface area contributed by atoms with E-state index in [0.29, 0.717) is 16.5 Å². The van der Waals surface area contributed by atoms with Gasteiger partial charge in [0.2, 0.25) is 5.91 Å². The van der Waals surface area contributed by atoms with Gasteiger partial charge >= 0.3 is 0 Å². The highest BCUT2D eigenvalue weighted by Gasteiger charge is 2.19. The van der Waals surface area contributed by atoms with Gasteiger partial charge in [0, 0.05) is 17.1 Å². The van der Waals surface area contributed by atoms with Crippen molar-refractivity contribution in [1.82, 2.24) is 19.6 Å². The van der Waals surface area contributed by atoms with Crippen molar-refractivity contribution in [2.24, 2.45) is 7.05 Å². The molecular weight excluding hydrogens is 418 g/mol. The summed E-state index contributed by atoms with van der Waals surface area (Å²) in [5.41, 5.74) is 4.22. The average molecular weight is 437 g/mol. The molecule has 26 heavy (non-hydrogen) atoms. The van der Waals surface area contributed by atoms with E-state index in [1.54, 1.807) is 9.36 Å². The molecule has 0 saturated heterocycles. The normalized spacial score (nSPS) is 11.0. The van der Waals surface area contributed by atoms with E-state index in [2.05, 4.69) is 31.4 Å². The second-order valence-electron chi connectivity index (χ2n) is 6.13. The molecule has 3 rings (SSSR count). The Morgan fingerprint density at radius 3 is 2.38 bits per heavy atom. The predicted octanol–water partition coefficient (Wildman–Crippen LogP) is 4.26. The summed E-state index contributed by atoms with van der Waals surface area (Å²) in [4.78, 5) is 12.6. The minimum atomic E-state index is -0.186. The Kier molecular flexibility index (Phi) is 5.20. The van der Waals surface area contributed by atoms with E-state index in [9.17, 15) is 4.79 Å². The average Bonchev–Trinajstić information content (AvgIpc) is 2.99. The van der Waals surface area contributed by atoms with Crippen molar-refractivity contribution in [3.05, 3.63) is 50.8 Å². The molecule has 0 bridgehead atoms. The minimum Gasteiger partial charge on any atom is -0.309 e.